The van der Waals surface area contributed by atoms with E-state index < -0.39 is 42.8 Å². The summed E-state index contributed by atoms with van der Waals surface area (Å²) in [5.41, 5.74) is 10.3. The first-order valence-electron chi connectivity index (χ1n) is 6.26. The van der Waals surface area contributed by atoms with Gasteiger partial charge < -0.3 is 32.3 Å². The molecule has 13 heteroatoms. The van der Waals surface area contributed by atoms with Gasteiger partial charge >= 0.3 is 11.9 Å². The van der Waals surface area contributed by atoms with Crippen molar-refractivity contribution in [2.45, 2.75) is 12.5 Å². The third-order valence-electron chi connectivity index (χ3n) is 2.37. The molecule has 1 heterocycles. The fraction of sp³-hybridized carbons (Fsp3) is 0.273. The van der Waals surface area contributed by atoms with Gasteiger partial charge in [-0.3, -0.25) is 14.4 Å². The maximum absolute atomic E-state index is 11.8. The summed E-state index contributed by atoms with van der Waals surface area (Å²) < 4.78 is 0. The Labute approximate surface area is 138 Å². The molecule has 0 spiro atoms. The van der Waals surface area contributed by atoms with Gasteiger partial charge in [0.25, 0.3) is 5.91 Å². The van der Waals surface area contributed by atoms with Gasteiger partial charge in [0.05, 0.1) is 13.0 Å². The molecule has 0 bridgehead atoms. The van der Waals surface area contributed by atoms with E-state index in [9.17, 15) is 19.2 Å². The number of aromatic nitrogens is 1. The molecular weight excluding hydrogens is 344 g/mol. The van der Waals surface area contributed by atoms with Crippen molar-refractivity contribution in [2.75, 3.05) is 6.54 Å². The molecule has 1 atom stereocenters. The molecule has 0 unspecified atom stereocenters. The second-order valence-corrected chi connectivity index (χ2v) is 5.13. The molecule has 0 aliphatic heterocycles. The van der Waals surface area contributed by atoms with Crippen LogP contribution in [0.25, 0.3) is 0 Å². The lowest BCUT2D eigenvalue weighted by Gasteiger charge is -2.12. The smallest absolute Gasteiger partial charge is 0.326 e. The number of hydrogen-bond donors (Lipinski definition) is 6. The van der Waals surface area contributed by atoms with Crippen LogP contribution in [0.2, 0.25) is 0 Å². The average molecular weight is 358 g/mol. The van der Waals surface area contributed by atoms with Crippen molar-refractivity contribution in [2.24, 2.45) is 16.5 Å². The number of carbonyl (C=O) groups is 4. The summed E-state index contributed by atoms with van der Waals surface area (Å²) in [7, 11) is 0. The number of thiazole rings is 1. The molecule has 0 saturated carbocycles. The van der Waals surface area contributed by atoms with Crippen molar-refractivity contribution in [3.63, 3.8) is 0 Å². The van der Waals surface area contributed by atoms with Crippen LogP contribution >= 0.6 is 11.3 Å². The lowest BCUT2D eigenvalue weighted by atomic mass is 10.2. The van der Waals surface area contributed by atoms with Crippen molar-refractivity contribution in [1.82, 2.24) is 15.6 Å². The Balaban J connectivity index is 2.55. The van der Waals surface area contributed by atoms with Crippen molar-refractivity contribution in [1.29, 1.82) is 0 Å². The van der Waals surface area contributed by atoms with Gasteiger partial charge in [-0.25, -0.2) is 9.78 Å². The topological polar surface area (TPSA) is 210 Å². The number of nitrogens with zero attached hydrogens (tertiary/aromatic N) is 2. The maximum Gasteiger partial charge on any atom is 0.326 e. The van der Waals surface area contributed by atoms with Crippen molar-refractivity contribution in [3.8, 4) is 0 Å². The molecule has 2 amide bonds. The minimum absolute atomic E-state index is 0.0341. The van der Waals surface area contributed by atoms with E-state index in [1.807, 2.05) is 5.32 Å². The molecular formula is C11H14N6O6S. The maximum atomic E-state index is 11.8. The number of aliphatic imine (C=N–C) groups is 1. The molecule has 0 aliphatic rings. The Kier molecular flexibility index (Phi) is 6.61. The number of guanidine groups is 1. The Morgan fingerprint density at radius 2 is 1.96 bits per heavy atom. The van der Waals surface area contributed by atoms with Gasteiger partial charge in [-0.15, -0.1) is 11.3 Å². The van der Waals surface area contributed by atoms with Crippen LogP contribution < -0.4 is 22.1 Å². The summed E-state index contributed by atoms with van der Waals surface area (Å²) in [6.07, 6.45) is -0.789. The van der Waals surface area contributed by atoms with Gasteiger partial charge in [0.15, 0.2) is 5.96 Å². The molecule has 0 radical (unpaired) electrons. The minimum atomic E-state index is -1.60. The standard InChI is InChI=1S/C11H14N6O6S/c12-10(13)17-11-16-5(3-24-11)8(21)14-2-6(18)15-4(9(22)23)1-7(19)20/h3-4H,1-2H2,(H,14,21)(H,15,18)(H,19,20)(H,22,23)(H4,12,13,16,17)/t4-/m0/s1. The monoisotopic (exact) mass is 358 g/mol. The summed E-state index contributed by atoms with van der Waals surface area (Å²) >= 11 is 0.999. The van der Waals surface area contributed by atoms with Gasteiger partial charge in [0.2, 0.25) is 11.0 Å². The molecule has 1 aromatic heterocycles. The Morgan fingerprint density at radius 1 is 1.29 bits per heavy atom. The van der Waals surface area contributed by atoms with Crippen LogP contribution in [0.3, 0.4) is 0 Å². The van der Waals surface area contributed by atoms with E-state index in [1.54, 1.807) is 0 Å². The third-order valence-corrected chi connectivity index (χ3v) is 3.11. The molecule has 1 rings (SSSR count). The fourth-order valence-electron chi connectivity index (χ4n) is 1.40. The van der Waals surface area contributed by atoms with Crippen LogP contribution in [0.4, 0.5) is 5.13 Å². The summed E-state index contributed by atoms with van der Waals surface area (Å²) in [4.78, 5) is 52.1. The summed E-state index contributed by atoms with van der Waals surface area (Å²) in [5, 5.41) is 23.0. The SMILES string of the molecule is NC(N)=Nc1nc(C(=O)NCC(=O)N[C@@H](CC(=O)O)C(=O)O)cs1. The molecule has 0 aliphatic carbocycles. The number of amides is 2. The Bertz CT molecular complexity index is 682. The number of aliphatic carboxylic acids is 2. The fourth-order valence-corrected chi connectivity index (χ4v) is 2.09. The Morgan fingerprint density at radius 3 is 2.50 bits per heavy atom. The third kappa shape index (κ3) is 6.27. The first-order valence-corrected chi connectivity index (χ1v) is 7.14. The zero-order valence-electron chi connectivity index (χ0n) is 12.1. The second-order valence-electron chi connectivity index (χ2n) is 4.29. The molecule has 0 aromatic carbocycles. The second kappa shape index (κ2) is 8.42. The predicted octanol–water partition coefficient (Wildman–Crippen LogP) is -2.18. The van der Waals surface area contributed by atoms with Gasteiger partial charge in [0.1, 0.15) is 11.7 Å². The van der Waals surface area contributed by atoms with E-state index in [0.717, 1.165) is 11.3 Å². The lowest BCUT2D eigenvalue weighted by Crippen LogP contribution is -2.46. The van der Waals surface area contributed by atoms with Crippen LogP contribution in [0.5, 0.6) is 0 Å². The van der Waals surface area contributed by atoms with Crippen LogP contribution in [-0.2, 0) is 14.4 Å². The van der Waals surface area contributed by atoms with Crippen LogP contribution in [0.1, 0.15) is 16.9 Å². The average Bonchev–Trinajstić information content (AvgIpc) is 2.91. The van der Waals surface area contributed by atoms with E-state index in [-0.39, 0.29) is 16.8 Å². The summed E-state index contributed by atoms with van der Waals surface area (Å²) in [5.74, 6) is -4.69. The first kappa shape index (κ1) is 18.8. The van der Waals surface area contributed by atoms with Crippen LogP contribution in [-0.4, -0.2) is 57.5 Å². The van der Waals surface area contributed by atoms with Gasteiger partial charge in [0, 0.05) is 5.38 Å². The van der Waals surface area contributed by atoms with Gasteiger partial charge in [-0.1, -0.05) is 0 Å². The number of carboxylic acids is 2. The van der Waals surface area contributed by atoms with Crippen LogP contribution in [0.15, 0.2) is 10.4 Å². The highest BCUT2D eigenvalue weighted by molar-refractivity contribution is 7.13. The summed E-state index contributed by atoms with van der Waals surface area (Å²) in [6.45, 7) is -0.558. The number of hydrogen-bond acceptors (Lipinski definition) is 7. The number of carbonyl (C=O) groups excluding carboxylic acids is 2. The normalized spacial score (nSPS) is 11.2. The Hall–Kier alpha value is -3.22. The quantitative estimate of drug-likeness (QED) is 0.220. The highest BCUT2D eigenvalue weighted by atomic mass is 32.1. The number of carboxylic acid groups (broad SMARTS) is 2. The van der Waals surface area contributed by atoms with E-state index in [2.05, 4.69) is 15.3 Å². The zero-order chi connectivity index (χ0) is 18.3. The largest absolute Gasteiger partial charge is 0.481 e. The van der Waals surface area contributed by atoms with E-state index in [0.29, 0.717) is 0 Å². The van der Waals surface area contributed by atoms with Gasteiger partial charge in [-0.2, -0.15) is 4.99 Å². The molecule has 130 valence electrons. The molecule has 12 nitrogen and oxygen atoms in total. The number of rotatable bonds is 8. The molecule has 8 N–H and O–H groups in total. The highest BCUT2D eigenvalue weighted by Crippen LogP contribution is 2.18. The minimum Gasteiger partial charge on any atom is -0.481 e. The highest BCUT2D eigenvalue weighted by Gasteiger charge is 2.23. The van der Waals surface area contributed by atoms with Crippen molar-refractivity contribution in [3.05, 3.63) is 11.1 Å². The lowest BCUT2D eigenvalue weighted by molar-refractivity contribution is -0.147. The van der Waals surface area contributed by atoms with E-state index in [1.165, 1.54) is 5.38 Å². The summed E-state index contributed by atoms with van der Waals surface area (Å²) in [6, 6.07) is -1.60. The predicted molar refractivity (Wildman–Crippen MR) is 81.7 cm³/mol. The molecule has 0 fully saturated rings. The van der Waals surface area contributed by atoms with Crippen LogP contribution in [0, 0.1) is 0 Å². The number of nitrogens with one attached hydrogen (secondary N) is 2. The van der Waals surface area contributed by atoms with Crippen molar-refractivity contribution >= 4 is 46.2 Å². The zero-order valence-corrected chi connectivity index (χ0v) is 12.9. The number of nitrogens with two attached hydrogens (primary N) is 2. The van der Waals surface area contributed by atoms with E-state index in [4.69, 9.17) is 21.7 Å². The first-order chi connectivity index (χ1) is 11.2. The molecule has 0 saturated heterocycles. The van der Waals surface area contributed by atoms with Crippen molar-refractivity contribution < 1.29 is 29.4 Å². The van der Waals surface area contributed by atoms with E-state index >= 15 is 0 Å². The molecule has 24 heavy (non-hydrogen) atoms. The molecule has 1 aromatic rings. The van der Waals surface area contributed by atoms with Gasteiger partial charge in [-0.05, 0) is 0 Å².